The minimum atomic E-state index is -0.727. The maximum atomic E-state index is 11.9. The molecule has 0 unspecified atom stereocenters. The topological polar surface area (TPSA) is 97.1 Å². The second-order valence-corrected chi connectivity index (χ2v) is 6.44. The van der Waals surface area contributed by atoms with Crippen LogP contribution in [0.3, 0.4) is 0 Å². The summed E-state index contributed by atoms with van der Waals surface area (Å²) >= 11 is 5.64. The third-order valence-corrected chi connectivity index (χ3v) is 4.74. The Morgan fingerprint density at radius 2 is 1.92 bits per heavy atom. The molecule has 1 amide bonds. The van der Waals surface area contributed by atoms with Crippen LogP contribution in [-0.2, 0) is 9.63 Å². The van der Waals surface area contributed by atoms with Crippen LogP contribution in [0.5, 0.6) is 0 Å². The van der Waals surface area contributed by atoms with Crippen LogP contribution in [0.1, 0.15) is 44.1 Å². The number of hydrogen-bond donors (Lipinski definition) is 1. The van der Waals surface area contributed by atoms with Crippen LogP contribution in [0.25, 0.3) is 0 Å². The predicted molar refractivity (Wildman–Crippen MR) is 91.9 cm³/mol. The van der Waals surface area contributed by atoms with E-state index in [9.17, 15) is 14.9 Å². The maximum absolute atomic E-state index is 11.9. The number of alkyl halides is 1. The third-order valence-electron chi connectivity index (χ3n) is 4.50. The van der Waals surface area contributed by atoms with E-state index in [2.05, 4.69) is 10.6 Å². The molecule has 0 atom stereocenters. The second kappa shape index (κ2) is 7.26. The van der Waals surface area contributed by atoms with Crippen LogP contribution >= 0.6 is 11.6 Å². The molecule has 1 N–H and O–H groups in total. The van der Waals surface area contributed by atoms with Crippen molar-refractivity contribution in [2.75, 3.05) is 5.88 Å². The van der Waals surface area contributed by atoms with Crippen molar-refractivity contribution in [1.29, 1.82) is 0 Å². The fourth-order valence-corrected chi connectivity index (χ4v) is 3.28. The Bertz CT molecular complexity index is 684. The Balaban J connectivity index is 1.91. The van der Waals surface area contributed by atoms with Gasteiger partial charge in [0.25, 0.3) is 11.6 Å². The maximum Gasteiger partial charge on any atom is 0.269 e. The van der Waals surface area contributed by atoms with E-state index in [0.717, 1.165) is 38.5 Å². The lowest BCUT2D eigenvalue weighted by atomic mass is 10.0. The number of benzene rings is 1. The molecule has 134 valence electrons. The zero-order chi connectivity index (χ0) is 17.9. The Labute approximate surface area is 149 Å². The van der Waals surface area contributed by atoms with Gasteiger partial charge in [-0.2, -0.15) is 0 Å². The van der Waals surface area contributed by atoms with Crippen molar-refractivity contribution in [3.63, 3.8) is 0 Å². The summed E-state index contributed by atoms with van der Waals surface area (Å²) in [6.45, 7) is 0. The number of nitro groups is 1. The summed E-state index contributed by atoms with van der Waals surface area (Å²) in [5.41, 5.74) is 2.66. The molecule has 1 aromatic rings. The zero-order valence-electron chi connectivity index (χ0n) is 13.6. The van der Waals surface area contributed by atoms with Gasteiger partial charge in [0.2, 0.25) is 5.72 Å². The van der Waals surface area contributed by atoms with Gasteiger partial charge in [-0.3, -0.25) is 20.3 Å². The second-order valence-electron chi connectivity index (χ2n) is 6.17. The van der Waals surface area contributed by atoms with E-state index >= 15 is 0 Å². The van der Waals surface area contributed by atoms with Crippen LogP contribution < -0.4 is 5.43 Å². The number of nitro benzene ring substituents is 1. The molecule has 1 spiro atoms. The van der Waals surface area contributed by atoms with Crippen LogP contribution in [-0.4, -0.2) is 33.3 Å². The summed E-state index contributed by atoms with van der Waals surface area (Å²) < 4.78 is 0. The van der Waals surface area contributed by atoms with Gasteiger partial charge in [-0.15, -0.1) is 11.6 Å². The molecular formula is C16H19ClN4O4. The van der Waals surface area contributed by atoms with Crippen molar-refractivity contribution < 1.29 is 14.6 Å². The zero-order valence-corrected chi connectivity index (χ0v) is 14.4. The number of hydrogen-bond acceptors (Lipinski definition) is 6. The number of oxime groups is 1. The molecule has 0 bridgehead atoms. The number of nitrogens with one attached hydrogen (secondary N) is 1. The van der Waals surface area contributed by atoms with Gasteiger partial charge >= 0.3 is 0 Å². The van der Waals surface area contributed by atoms with E-state index in [1.807, 2.05) is 0 Å². The normalized spacial score (nSPS) is 19.1. The third kappa shape index (κ3) is 3.53. The van der Waals surface area contributed by atoms with Gasteiger partial charge in [0, 0.05) is 30.5 Å². The van der Waals surface area contributed by atoms with Gasteiger partial charge in [0.05, 0.1) is 4.92 Å². The highest BCUT2D eigenvalue weighted by atomic mass is 35.5. The van der Waals surface area contributed by atoms with E-state index in [-0.39, 0.29) is 17.5 Å². The monoisotopic (exact) mass is 366 g/mol. The first kappa shape index (κ1) is 17.5. The first-order valence-corrected chi connectivity index (χ1v) is 8.76. The molecule has 8 nitrogen and oxygen atoms in total. The molecule has 0 saturated heterocycles. The van der Waals surface area contributed by atoms with Gasteiger partial charge in [0.15, 0.2) is 5.84 Å². The molecular weight excluding hydrogens is 348 g/mol. The molecule has 1 saturated carbocycles. The van der Waals surface area contributed by atoms with E-state index in [4.69, 9.17) is 16.4 Å². The molecule has 1 aliphatic heterocycles. The Morgan fingerprint density at radius 3 is 2.48 bits per heavy atom. The predicted octanol–water partition coefficient (Wildman–Crippen LogP) is 2.91. The smallest absolute Gasteiger partial charge is 0.269 e. The van der Waals surface area contributed by atoms with Gasteiger partial charge < -0.3 is 4.84 Å². The Morgan fingerprint density at radius 1 is 1.28 bits per heavy atom. The number of amidine groups is 1. The average molecular weight is 367 g/mol. The quantitative estimate of drug-likeness (QED) is 0.502. The van der Waals surface area contributed by atoms with Gasteiger partial charge in [-0.05, 0) is 25.0 Å². The minimum Gasteiger partial charge on any atom is -0.363 e. The molecule has 0 aromatic heterocycles. The molecule has 3 rings (SSSR count). The van der Waals surface area contributed by atoms with E-state index < -0.39 is 10.6 Å². The number of non-ortho nitro benzene ring substituents is 1. The SMILES string of the molecule is O=C(CCl)NN1C(c2ccc([N+](=O)[O-])cc2)=NOC12CCCCCC2. The van der Waals surface area contributed by atoms with E-state index in [1.165, 1.54) is 12.1 Å². The number of amides is 1. The molecule has 1 aromatic carbocycles. The standard InChI is InChI=1S/C16H19ClN4O4/c17-11-14(22)18-20-15(12-5-7-13(8-6-12)21(23)24)19-25-16(20)9-3-1-2-4-10-16/h5-8H,1-4,9-11H2,(H,18,22). The lowest BCUT2D eigenvalue weighted by Crippen LogP contribution is -2.57. The van der Waals surface area contributed by atoms with Gasteiger partial charge in [-0.25, -0.2) is 5.01 Å². The lowest BCUT2D eigenvalue weighted by Gasteiger charge is -2.36. The summed E-state index contributed by atoms with van der Waals surface area (Å²) in [7, 11) is 0. The summed E-state index contributed by atoms with van der Waals surface area (Å²) in [4.78, 5) is 28.1. The lowest BCUT2D eigenvalue weighted by molar-refractivity contribution is -0.384. The molecule has 25 heavy (non-hydrogen) atoms. The highest BCUT2D eigenvalue weighted by Gasteiger charge is 2.47. The van der Waals surface area contributed by atoms with Crippen molar-refractivity contribution in [3.05, 3.63) is 39.9 Å². The average Bonchev–Trinajstić information content (AvgIpc) is 2.80. The Kier molecular flexibility index (Phi) is 5.08. The molecule has 0 radical (unpaired) electrons. The van der Waals surface area contributed by atoms with E-state index in [1.54, 1.807) is 17.1 Å². The summed E-state index contributed by atoms with van der Waals surface area (Å²) in [5.74, 6) is -0.110. The van der Waals surface area contributed by atoms with Crippen LogP contribution in [0.2, 0.25) is 0 Å². The van der Waals surface area contributed by atoms with Crippen molar-refractivity contribution in [2.45, 2.75) is 44.2 Å². The highest BCUT2D eigenvalue weighted by molar-refractivity contribution is 6.27. The number of hydrazine groups is 1. The fourth-order valence-electron chi connectivity index (χ4n) is 3.22. The minimum absolute atomic E-state index is 0.0104. The van der Waals surface area contributed by atoms with Crippen LogP contribution in [0.15, 0.2) is 29.4 Å². The molecule has 9 heteroatoms. The molecule has 1 fully saturated rings. The summed E-state index contributed by atoms with van der Waals surface area (Å²) in [6.07, 6.45) is 5.61. The van der Waals surface area contributed by atoms with Gasteiger partial charge in [0.1, 0.15) is 5.88 Å². The molecule has 2 aliphatic rings. The van der Waals surface area contributed by atoms with Gasteiger partial charge in [-0.1, -0.05) is 18.0 Å². The first-order chi connectivity index (χ1) is 12.1. The van der Waals surface area contributed by atoms with Crippen molar-refractivity contribution in [2.24, 2.45) is 5.16 Å². The number of carbonyl (C=O) groups is 1. The van der Waals surface area contributed by atoms with Crippen LogP contribution in [0.4, 0.5) is 5.69 Å². The van der Waals surface area contributed by atoms with Crippen molar-refractivity contribution >= 4 is 29.0 Å². The van der Waals surface area contributed by atoms with Crippen molar-refractivity contribution in [1.82, 2.24) is 10.4 Å². The Hall–Kier alpha value is -2.35. The van der Waals surface area contributed by atoms with Crippen molar-refractivity contribution in [3.8, 4) is 0 Å². The highest BCUT2D eigenvalue weighted by Crippen LogP contribution is 2.37. The fraction of sp³-hybridized carbons (Fsp3) is 0.500. The summed E-state index contributed by atoms with van der Waals surface area (Å²) in [5, 5.41) is 16.7. The first-order valence-electron chi connectivity index (χ1n) is 8.22. The summed E-state index contributed by atoms with van der Waals surface area (Å²) in [6, 6.07) is 5.99. The van der Waals surface area contributed by atoms with Crippen LogP contribution in [0, 0.1) is 10.1 Å². The number of rotatable bonds is 4. The number of halogens is 1. The number of nitrogens with zero attached hydrogens (tertiary/aromatic N) is 3. The molecule has 1 aliphatic carbocycles. The number of carbonyl (C=O) groups excluding carboxylic acids is 1. The molecule has 1 heterocycles. The van der Waals surface area contributed by atoms with E-state index in [0.29, 0.717) is 11.4 Å². The largest absolute Gasteiger partial charge is 0.363 e.